The lowest BCUT2D eigenvalue weighted by molar-refractivity contribution is 0.541. The molecular weight excluding hydrogens is 228 g/mol. The summed E-state index contributed by atoms with van der Waals surface area (Å²) in [6, 6.07) is 0. The fourth-order valence-corrected chi connectivity index (χ4v) is 1.48. The van der Waals surface area contributed by atoms with E-state index in [4.69, 9.17) is 10.2 Å². The number of aliphatic imine (C=N–C) groups is 1. The molecule has 0 aromatic carbocycles. The van der Waals surface area contributed by atoms with Crippen LogP contribution in [0.25, 0.3) is 5.57 Å². The number of hydrogen-bond donors (Lipinski definition) is 2. The molecule has 98 valence electrons. The third-order valence-corrected chi connectivity index (χ3v) is 2.36. The van der Waals surface area contributed by atoms with Crippen LogP contribution in [0.3, 0.4) is 0 Å². The lowest BCUT2D eigenvalue weighted by atomic mass is 10.1. The van der Waals surface area contributed by atoms with Crippen molar-refractivity contribution in [3.63, 3.8) is 0 Å². The zero-order chi connectivity index (χ0) is 13.4. The van der Waals surface area contributed by atoms with Gasteiger partial charge in [0.25, 0.3) is 0 Å². The summed E-state index contributed by atoms with van der Waals surface area (Å²) in [5.74, 6) is 0.564. The number of nitrogens with two attached hydrogens (primary N) is 1. The minimum absolute atomic E-state index is 0.372. The van der Waals surface area contributed by atoms with Crippen LogP contribution in [0.1, 0.15) is 31.9 Å². The molecule has 0 unspecified atom stereocenters. The average molecular weight is 248 g/mol. The molecule has 0 spiro atoms. The minimum Gasteiger partial charge on any atom is -0.444 e. The summed E-state index contributed by atoms with van der Waals surface area (Å²) in [4.78, 5) is 8.18. The molecule has 0 bridgehead atoms. The third-order valence-electron chi connectivity index (χ3n) is 2.36. The lowest BCUT2D eigenvalue weighted by Crippen LogP contribution is -2.03. The van der Waals surface area contributed by atoms with Crippen molar-refractivity contribution in [1.82, 2.24) is 10.3 Å². The van der Waals surface area contributed by atoms with Crippen molar-refractivity contribution in [2.75, 3.05) is 7.05 Å². The van der Waals surface area contributed by atoms with Crippen LogP contribution in [0.5, 0.6) is 0 Å². The van der Waals surface area contributed by atoms with E-state index in [0.717, 1.165) is 23.3 Å². The van der Waals surface area contributed by atoms with Crippen molar-refractivity contribution in [2.45, 2.75) is 26.8 Å². The third kappa shape index (κ3) is 3.85. The second-order valence-corrected chi connectivity index (χ2v) is 3.76. The van der Waals surface area contributed by atoms with E-state index in [2.05, 4.69) is 28.3 Å². The van der Waals surface area contributed by atoms with Gasteiger partial charge in [-0.25, -0.2) is 4.98 Å². The Morgan fingerprint density at radius 1 is 1.61 bits per heavy atom. The number of nitrogens with one attached hydrogen (secondary N) is 1. The molecule has 0 aliphatic carbocycles. The number of nitrogens with zero attached hydrogens (tertiary/aromatic N) is 2. The van der Waals surface area contributed by atoms with Gasteiger partial charge in [0.15, 0.2) is 0 Å². The molecule has 0 aliphatic rings. The Bertz CT molecular complexity index is 457. The summed E-state index contributed by atoms with van der Waals surface area (Å²) in [6.07, 6.45) is 8.07. The Kier molecular flexibility index (Phi) is 5.87. The molecule has 0 fully saturated rings. The standard InChI is InChI=1S/C13H20N4O/c1-4-5-10(2)12(7-16-9-15-3)13-17-11(6-14)8-18-13/h5,7-9H,4,6,14H2,1-3H3,(H,15,16)/b10-5+,12-7+. The van der Waals surface area contributed by atoms with Gasteiger partial charge in [0, 0.05) is 19.8 Å². The first-order valence-corrected chi connectivity index (χ1v) is 5.91. The molecule has 0 saturated heterocycles. The maximum absolute atomic E-state index is 5.53. The summed E-state index contributed by atoms with van der Waals surface area (Å²) in [7, 11) is 1.70. The van der Waals surface area contributed by atoms with Crippen molar-refractivity contribution < 1.29 is 4.42 Å². The molecule has 1 aromatic rings. The molecular formula is C13H20N4O. The normalized spacial score (nSPS) is 13.3. The van der Waals surface area contributed by atoms with Gasteiger partial charge < -0.3 is 15.5 Å². The maximum Gasteiger partial charge on any atom is 0.227 e. The topological polar surface area (TPSA) is 76.4 Å². The molecule has 5 heteroatoms. The first-order chi connectivity index (χ1) is 8.72. The summed E-state index contributed by atoms with van der Waals surface area (Å²) in [6.45, 7) is 4.48. The lowest BCUT2D eigenvalue weighted by Gasteiger charge is -2.03. The van der Waals surface area contributed by atoms with Crippen molar-refractivity contribution in [3.05, 3.63) is 35.7 Å². The molecule has 0 atom stereocenters. The average Bonchev–Trinajstić information content (AvgIpc) is 2.83. The van der Waals surface area contributed by atoms with Crippen molar-refractivity contribution >= 4 is 11.9 Å². The van der Waals surface area contributed by atoms with Crippen LogP contribution in [0.4, 0.5) is 0 Å². The van der Waals surface area contributed by atoms with E-state index in [1.165, 1.54) is 0 Å². The summed E-state index contributed by atoms with van der Waals surface area (Å²) in [5.41, 5.74) is 8.26. The molecule has 1 aromatic heterocycles. The van der Waals surface area contributed by atoms with Crippen LogP contribution in [0.15, 0.2) is 33.5 Å². The number of oxazole rings is 1. The fourth-order valence-electron chi connectivity index (χ4n) is 1.48. The Morgan fingerprint density at radius 2 is 2.39 bits per heavy atom. The molecule has 0 saturated carbocycles. The van der Waals surface area contributed by atoms with Crippen LogP contribution >= 0.6 is 0 Å². The van der Waals surface area contributed by atoms with E-state index in [-0.39, 0.29) is 0 Å². The number of hydrogen-bond acceptors (Lipinski definition) is 4. The maximum atomic E-state index is 5.53. The van der Waals surface area contributed by atoms with E-state index < -0.39 is 0 Å². The minimum atomic E-state index is 0.372. The molecule has 0 radical (unpaired) electrons. The van der Waals surface area contributed by atoms with E-state index in [0.29, 0.717) is 12.4 Å². The van der Waals surface area contributed by atoms with E-state index in [1.807, 2.05) is 13.1 Å². The van der Waals surface area contributed by atoms with Gasteiger partial charge in [-0.2, -0.15) is 0 Å². The van der Waals surface area contributed by atoms with Crippen LogP contribution in [-0.4, -0.2) is 18.4 Å². The second-order valence-electron chi connectivity index (χ2n) is 3.76. The zero-order valence-electron chi connectivity index (χ0n) is 11.1. The van der Waals surface area contributed by atoms with E-state index >= 15 is 0 Å². The van der Waals surface area contributed by atoms with Crippen LogP contribution in [0, 0.1) is 0 Å². The highest BCUT2D eigenvalue weighted by Gasteiger charge is 2.10. The van der Waals surface area contributed by atoms with Crippen molar-refractivity contribution in [1.29, 1.82) is 0 Å². The summed E-state index contributed by atoms with van der Waals surface area (Å²) in [5, 5.41) is 2.97. The Hall–Kier alpha value is -1.88. The highest BCUT2D eigenvalue weighted by molar-refractivity contribution is 5.75. The Morgan fingerprint density at radius 3 is 2.94 bits per heavy atom. The molecule has 0 aliphatic heterocycles. The van der Waals surface area contributed by atoms with Gasteiger partial charge in [0.1, 0.15) is 6.26 Å². The van der Waals surface area contributed by atoms with Gasteiger partial charge in [-0.3, -0.25) is 4.99 Å². The van der Waals surface area contributed by atoms with Crippen LogP contribution in [-0.2, 0) is 6.54 Å². The van der Waals surface area contributed by atoms with Gasteiger partial charge in [-0.1, -0.05) is 13.0 Å². The monoisotopic (exact) mass is 248 g/mol. The zero-order valence-corrected chi connectivity index (χ0v) is 11.1. The summed E-state index contributed by atoms with van der Waals surface area (Å²) < 4.78 is 5.43. The Balaban J connectivity index is 3.03. The van der Waals surface area contributed by atoms with E-state index in [9.17, 15) is 0 Å². The number of allylic oxidation sites excluding steroid dienone is 3. The largest absolute Gasteiger partial charge is 0.444 e. The number of rotatable bonds is 6. The predicted molar refractivity (Wildman–Crippen MR) is 74.0 cm³/mol. The fraction of sp³-hybridized carbons (Fsp3) is 0.385. The van der Waals surface area contributed by atoms with Gasteiger partial charge in [-0.05, 0) is 18.9 Å². The van der Waals surface area contributed by atoms with Gasteiger partial charge >= 0.3 is 0 Å². The Labute approximate surface area is 108 Å². The molecule has 1 rings (SSSR count). The molecule has 0 amide bonds. The van der Waals surface area contributed by atoms with Gasteiger partial charge in [0.05, 0.1) is 17.6 Å². The van der Waals surface area contributed by atoms with Gasteiger partial charge in [0.2, 0.25) is 5.89 Å². The predicted octanol–water partition coefficient (Wildman–Crippen LogP) is 2.08. The van der Waals surface area contributed by atoms with E-state index in [1.54, 1.807) is 19.6 Å². The molecule has 18 heavy (non-hydrogen) atoms. The molecule has 3 N–H and O–H groups in total. The quantitative estimate of drug-likeness (QED) is 0.459. The van der Waals surface area contributed by atoms with Crippen molar-refractivity contribution in [3.8, 4) is 0 Å². The van der Waals surface area contributed by atoms with Crippen LogP contribution in [0.2, 0.25) is 0 Å². The molecule has 5 nitrogen and oxygen atoms in total. The highest BCUT2D eigenvalue weighted by Crippen LogP contribution is 2.21. The smallest absolute Gasteiger partial charge is 0.227 e. The second kappa shape index (κ2) is 7.45. The SMILES string of the molecule is CC/C=C(C)/C(=C\NC=NC)c1nc(CN)co1. The first-order valence-electron chi connectivity index (χ1n) is 5.91. The van der Waals surface area contributed by atoms with Crippen LogP contribution < -0.4 is 11.1 Å². The van der Waals surface area contributed by atoms with Gasteiger partial charge in [-0.15, -0.1) is 0 Å². The van der Waals surface area contributed by atoms with Crippen molar-refractivity contribution in [2.24, 2.45) is 10.7 Å². The highest BCUT2D eigenvalue weighted by atomic mass is 16.3. The molecule has 1 heterocycles. The summed E-state index contributed by atoms with van der Waals surface area (Å²) >= 11 is 0. The number of aromatic nitrogens is 1. The first kappa shape index (κ1) is 14.2.